The van der Waals surface area contributed by atoms with Gasteiger partial charge in [0.15, 0.2) is 6.61 Å². The molecule has 1 unspecified atom stereocenters. The Morgan fingerprint density at radius 3 is 1.97 bits per heavy atom. The number of carbonyl (C=O) groups is 2. The molecular weight excluding hydrogens is 396 g/mol. The maximum absolute atomic E-state index is 13.1. The van der Waals surface area contributed by atoms with Crippen LogP contribution >= 0.6 is 0 Å². The highest BCUT2D eigenvalue weighted by molar-refractivity contribution is 5.88. The number of hydrogen-bond acceptors (Lipinski definition) is 5. The Bertz CT molecular complexity index is 821. The molecule has 0 spiro atoms. The molecule has 0 aliphatic rings. The van der Waals surface area contributed by atoms with E-state index in [9.17, 15) is 9.59 Å². The van der Waals surface area contributed by atoms with Gasteiger partial charge in [0.25, 0.3) is 5.91 Å². The Morgan fingerprint density at radius 2 is 1.45 bits per heavy atom. The van der Waals surface area contributed by atoms with Crippen molar-refractivity contribution in [1.29, 1.82) is 0 Å². The topological polar surface area (TPSA) is 77.1 Å². The van der Waals surface area contributed by atoms with E-state index >= 15 is 0 Å². The van der Waals surface area contributed by atoms with E-state index in [0.717, 1.165) is 17.7 Å². The molecule has 2 rings (SSSR count). The molecule has 1 N–H and O–H groups in total. The minimum absolute atomic E-state index is 0.157. The van der Waals surface area contributed by atoms with E-state index in [2.05, 4.69) is 5.32 Å². The molecule has 0 aromatic heterocycles. The summed E-state index contributed by atoms with van der Waals surface area (Å²) in [6.45, 7) is 4.59. The monoisotopic (exact) mass is 428 g/mol. The molecule has 0 aliphatic carbocycles. The lowest BCUT2D eigenvalue weighted by Gasteiger charge is -2.30. The van der Waals surface area contributed by atoms with Gasteiger partial charge in [-0.15, -0.1) is 0 Å². The SMILES string of the molecule is CCCNC(=O)C(CC)N(Cc1ccc(OC)cc1)C(=O)COc1ccc(OC)cc1. The molecule has 0 bridgehead atoms. The van der Waals surface area contributed by atoms with Crippen LogP contribution in [0.1, 0.15) is 32.3 Å². The fourth-order valence-corrected chi connectivity index (χ4v) is 3.11. The molecule has 2 aromatic rings. The molecular formula is C24H32N2O5. The first-order valence-corrected chi connectivity index (χ1v) is 10.5. The number of hydrogen-bond donors (Lipinski definition) is 1. The van der Waals surface area contributed by atoms with Gasteiger partial charge in [0.2, 0.25) is 5.91 Å². The zero-order chi connectivity index (χ0) is 22.6. The van der Waals surface area contributed by atoms with Gasteiger partial charge in [-0.1, -0.05) is 26.0 Å². The van der Waals surface area contributed by atoms with E-state index in [1.54, 1.807) is 43.4 Å². The third-order valence-corrected chi connectivity index (χ3v) is 4.87. The van der Waals surface area contributed by atoms with Crippen LogP contribution in [0.5, 0.6) is 17.2 Å². The highest BCUT2D eigenvalue weighted by Gasteiger charge is 2.28. The van der Waals surface area contributed by atoms with Crippen molar-refractivity contribution in [3.8, 4) is 17.2 Å². The lowest BCUT2D eigenvalue weighted by molar-refractivity contribution is -0.143. The highest BCUT2D eigenvalue weighted by Crippen LogP contribution is 2.19. The summed E-state index contributed by atoms with van der Waals surface area (Å²) in [7, 11) is 3.19. The van der Waals surface area contributed by atoms with Crippen molar-refractivity contribution in [1.82, 2.24) is 10.2 Å². The van der Waals surface area contributed by atoms with Crippen LogP contribution in [-0.2, 0) is 16.1 Å². The van der Waals surface area contributed by atoms with E-state index in [4.69, 9.17) is 14.2 Å². The molecule has 1 atom stereocenters. The zero-order valence-electron chi connectivity index (χ0n) is 18.7. The third kappa shape index (κ3) is 7.20. The average molecular weight is 429 g/mol. The minimum Gasteiger partial charge on any atom is -0.497 e. The Balaban J connectivity index is 2.16. The van der Waals surface area contributed by atoms with Crippen LogP contribution in [0.2, 0.25) is 0 Å². The smallest absolute Gasteiger partial charge is 0.261 e. The molecule has 0 fully saturated rings. The number of ether oxygens (including phenoxy) is 3. The number of benzene rings is 2. The van der Waals surface area contributed by atoms with Crippen molar-refractivity contribution in [3.63, 3.8) is 0 Å². The number of amides is 2. The van der Waals surface area contributed by atoms with Crippen LogP contribution in [0.4, 0.5) is 0 Å². The van der Waals surface area contributed by atoms with Crippen molar-refractivity contribution < 1.29 is 23.8 Å². The van der Waals surface area contributed by atoms with Gasteiger partial charge in [0, 0.05) is 13.1 Å². The number of nitrogens with one attached hydrogen (secondary N) is 1. The summed E-state index contributed by atoms with van der Waals surface area (Å²) in [6, 6.07) is 13.9. The molecule has 7 nitrogen and oxygen atoms in total. The molecule has 31 heavy (non-hydrogen) atoms. The molecule has 7 heteroatoms. The van der Waals surface area contributed by atoms with Crippen LogP contribution in [0.3, 0.4) is 0 Å². The first kappa shape index (κ1) is 24.1. The van der Waals surface area contributed by atoms with Crippen molar-refractivity contribution in [2.75, 3.05) is 27.4 Å². The quantitative estimate of drug-likeness (QED) is 0.561. The Kier molecular flexibility index (Phi) is 9.68. The molecule has 0 aliphatic heterocycles. The van der Waals surface area contributed by atoms with Crippen LogP contribution in [0, 0.1) is 0 Å². The van der Waals surface area contributed by atoms with Gasteiger partial charge >= 0.3 is 0 Å². The first-order valence-electron chi connectivity index (χ1n) is 10.5. The van der Waals surface area contributed by atoms with E-state index in [1.807, 2.05) is 38.1 Å². The molecule has 2 amide bonds. The van der Waals surface area contributed by atoms with Gasteiger partial charge in [0.05, 0.1) is 14.2 Å². The molecule has 0 saturated carbocycles. The van der Waals surface area contributed by atoms with Crippen LogP contribution < -0.4 is 19.5 Å². The predicted molar refractivity (Wildman–Crippen MR) is 119 cm³/mol. The van der Waals surface area contributed by atoms with Crippen LogP contribution in [-0.4, -0.2) is 50.1 Å². The van der Waals surface area contributed by atoms with Gasteiger partial charge in [-0.05, 0) is 54.8 Å². The summed E-state index contributed by atoms with van der Waals surface area (Å²) in [4.78, 5) is 27.4. The van der Waals surface area contributed by atoms with Gasteiger partial charge in [0.1, 0.15) is 23.3 Å². The summed E-state index contributed by atoms with van der Waals surface area (Å²) in [5.41, 5.74) is 0.903. The lowest BCUT2D eigenvalue weighted by Crippen LogP contribution is -2.50. The maximum atomic E-state index is 13.1. The van der Waals surface area contributed by atoms with Crippen molar-refractivity contribution >= 4 is 11.8 Å². The third-order valence-electron chi connectivity index (χ3n) is 4.87. The van der Waals surface area contributed by atoms with E-state index in [1.165, 1.54) is 0 Å². The zero-order valence-corrected chi connectivity index (χ0v) is 18.7. The van der Waals surface area contributed by atoms with E-state index < -0.39 is 6.04 Å². The number of rotatable bonds is 12. The summed E-state index contributed by atoms with van der Waals surface area (Å²) in [5, 5.41) is 2.90. The highest BCUT2D eigenvalue weighted by atomic mass is 16.5. The van der Waals surface area contributed by atoms with Crippen molar-refractivity contribution in [2.45, 2.75) is 39.3 Å². The van der Waals surface area contributed by atoms with Crippen LogP contribution in [0.25, 0.3) is 0 Å². The summed E-state index contributed by atoms with van der Waals surface area (Å²) >= 11 is 0. The average Bonchev–Trinajstić information content (AvgIpc) is 2.81. The number of nitrogens with zero attached hydrogens (tertiary/aromatic N) is 1. The minimum atomic E-state index is -0.583. The van der Waals surface area contributed by atoms with Crippen LogP contribution in [0.15, 0.2) is 48.5 Å². The van der Waals surface area contributed by atoms with E-state index in [0.29, 0.717) is 31.0 Å². The fourth-order valence-electron chi connectivity index (χ4n) is 3.11. The first-order chi connectivity index (χ1) is 15.0. The fraction of sp³-hybridized carbons (Fsp3) is 0.417. The normalized spacial score (nSPS) is 11.4. The summed E-state index contributed by atoms with van der Waals surface area (Å²) in [6.07, 6.45) is 1.33. The largest absolute Gasteiger partial charge is 0.497 e. The van der Waals surface area contributed by atoms with Gasteiger partial charge in [-0.3, -0.25) is 9.59 Å². The Morgan fingerprint density at radius 1 is 0.903 bits per heavy atom. The maximum Gasteiger partial charge on any atom is 0.261 e. The van der Waals surface area contributed by atoms with Gasteiger partial charge in [-0.25, -0.2) is 0 Å². The second-order valence-electron chi connectivity index (χ2n) is 7.05. The Hall–Kier alpha value is -3.22. The second kappa shape index (κ2) is 12.5. The summed E-state index contributed by atoms with van der Waals surface area (Å²) in [5.74, 6) is 1.58. The standard InChI is InChI=1S/C24H32N2O5/c1-5-15-25-24(28)22(6-2)26(16-18-7-9-19(29-3)10-8-18)23(27)17-31-21-13-11-20(30-4)12-14-21/h7-14,22H,5-6,15-17H2,1-4H3,(H,25,28). The molecule has 2 aromatic carbocycles. The molecule has 0 heterocycles. The predicted octanol–water partition coefficient (Wildman–Crippen LogP) is 3.42. The van der Waals surface area contributed by atoms with E-state index in [-0.39, 0.29) is 18.4 Å². The lowest BCUT2D eigenvalue weighted by atomic mass is 10.1. The van der Waals surface area contributed by atoms with Gasteiger partial charge < -0.3 is 24.4 Å². The molecule has 0 radical (unpaired) electrons. The number of methoxy groups -OCH3 is 2. The van der Waals surface area contributed by atoms with Crippen molar-refractivity contribution in [2.24, 2.45) is 0 Å². The van der Waals surface area contributed by atoms with Crippen molar-refractivity contribution in [3.05, 3.63) is 54.1 Å². The molecule has 168 valence electrons. The molecule has 0 saturated heterocycles. The van der Waals surface area contributed by atoms with Gasteiger partial charge in [-0.2, -0.15) is 0 Å². The second-order valence-corrected chi connectivity index (χ2v) is 7.05. The Labute approximate surface area is 184 Å². The summed E-state index contributed by atoms with van der Waals surface area (Å²) < 4.78 is 16.0. The number of carbonyl (C=O) groups excluding carboxylic acids is 2.